The lowest BCUT2D eigenvalue weighted by Crippen LogP contribution is -2.43. The van der Waals surface area contributed by atoms with E-state index in [-0.39, 0.29) is 18.2 Å². The number of carbonyl (C=O) groups excluding carboxylic acids is 1. The first-order valence-electron chi connectivity index (χ1n) is 8.87. The first-order chi connectivity index (χ1) is 12.2. The van der Waals surface area contributed by atoms with Gasteiger partial charge in [0.1, 0.15) is 0 Å². The van der Waals surface area contributed by atoms with Crippen molar-refractivity contribution >= 4 is 21.7 Å². The number of nitrogens with one attached hydrogen (secondary N) is 3. The molecule has 0 aromatic heterocycles. The molecule has 2 atom stereocenters. The van der Waals surface area contributed by atoms with Crippen molar-refractivity contribution in [1.29, 1.82) is 0 Å². The Morgan fingerprint density at radius 1 is 1.31 bits per heavy atom. The number of sulfonamides is 1. The second-order valence-electron chi connectivity index (χ2n) is 6.52. The molecule has 2 amide bonds. The number of amides is 2. The molecule has 0 heterocycles. The molecule has 1 unspecified atom stereocenters. The predicted molar refractivity (Wildman–Crippen MR) is 105 cm³/mol. The highest BCUT2D eigenvalue weighted by molar-refractivity contribution is 7.92. The highest BCUT2D eigenvalue weighted by Gasteiger charge is 2.15. The van der Waals surface area contributed by atoms with Crippen molar-refractivity contribution in [3.05, 3.63) is 29.8 Å². The van der Waals surface area contributed by atoms with Crippen LogP contribution in [0.2, 0.25) is 0 Å². The van der Waals surface area contributed by atoms with Crippen molar-refractivity contribution in [2.24, 2.45) is 0 Å². The molecule has 26 heavy (non-hydrogen) atoms. The molecule has 0 bridgehead atoms. The summed E-state index contributed by atoms with van der Waals surface area (Å²) >= 11 is 0. The van der Waals surface area contributed by atoms with E-state index in [1.165, 1.54) is 0 Å². The molecule has 1 aromatic carbocycles. The van der Waals surface area contributed by atoms with Gasteiger partial charge in [-0.1, -0.05) is 31.9 Å². The van der Waals surface area contributed by atoms with Crippen LogP contribution in [0.5, 0.6) is 0 Å². The van der Waals surface area contributed by atoms with Crippen molar-refractivity contribution < 1.29 is 17.9 Å². The Bertz CT molecular complexity index is 664. The standard InChI is InChI=1S/C18H31N3O4S/c1-5-6-9-16(11-14(2)25-3)20-18(22)19-13-15-8-7-10-17(12-15)21-26(4,23)24/h7-8,10,12,14,16,21H,5-6,9,11,13H2,1-4H3,(H2,19,20,22)/t14-,16?/m0/s1. The molecule has 3 N–H and O–H groups in total. The minimum absolute atomic E-state index is 0.0585. The fourth-order valence-corrected chi connectivity index (χ4v) is 3.13. The van der Waals surface area contributed by atoms with E-state index in [9.17, 15) is 13.2 Å². The molecule has 7 nitrogen and oxygen atoms in total. The maximum Gasteiger partial charge on any atom is 0.315 e. The average molecular weight is 386 g/mol. The number of methoxy groups -OCH3 is 1. The number of urea groups is 1. The molecule has 148 valence electrons. The molecular weight excluding hydrogens is 354 g/mol. The zero-order chi connectivity index (χ0) is 19.6. The van der Waals surface area contributed by atoms with Gasteiger partial charge in [0, 0.05) is 25.4 Å². The quantitative estimate of drug-likeness (QED) is 0.546. The van der Waals surface area contributed by atoms with Gasteiger partial charge in [-0.25, -0.2) is 13.2 Å². The van der Waals surface area contributed by atoms with Gasteiger partial charge >= 0.3 is 6.03 Å². The van der Waals surface area contributed by atoms with Gasteiger partial charge in [-0.15, -0.1) is 0 Å². The number of ether oxygens (including phenoxy) is 1. The number of hydrogen-bond donors (Lipinski definition) is 3. The molecule has 1 rings (SSSR count). The zero-order valence-electron chi connectivity index (χ0n) is 16.0. The lowest BCUT2D eigenvalue weighted by Gasteiger charge is -2.22. The number of rotatable bonds is 11. The van der Waals surface area contributed by atoms with Crippen LogP contribution in [-0.4, -0.2) is 40.0 Å². The highest BCUT2D eigenvalue weighted by Crippen LogP contribution is 2.12. The van der Waals surface area contributed by atoms with Crippen molar-refractivity contribution in [3.63, 3.8) is 0 Å². The van der Waals surface area contributed by atoms with E-state index >= 15 is 0 Å². The summed E-state index contributed by atoms with van der Waals surface area (Å²) in [5, 5.41) is 5.82. The Labute approximate surface area is 156 Å². The predicted octanol–water partition coefficient (Wildman–Crippen LogP) is 2.84. The third-order valence-corrected chi connectivity index (χ3v) is 4.55. The third kappa shape index (κ3) is 9.62. The van der Waals surface area contributed by atoms with Crippen molar-refractivity contribution in [1.82, 2.24) is 10.6 Å². The van der Waals surface area contributed by atoms with Gasteiger partial charge in [-0.2, -0.15) is 0 Å². The van der Waals surface area contributed by atoms with Crippen LogP contribution in [0.4, 0.5) is 10.5 Å². The Balaban J connectivity index is 2.57. The minimum Gasteiger partial charge on any atom is -0.382 e. The topological polar surface area (TPSA) is 96.5 Å². The second-order valence-corrected chi connectivity index (χ2v) is 8.27. The van der Waals surface area contributed by atoms with Gasteiger partial charge in [0.2, 0.25) is 10.0 Å². The maximum atomic E-state index is 12.2. The van der Waals surface area contributed by atoms with E-state index in [2.05, 4.69) is 22.3 Å². The van der Waals surface area contributed by atoms with E-state index < -0.39 is 10.0 Å². The van der Waals surface area contributed by atoms with Crippen molar-refractivity contribution in [2.75, 3.05) is 18.1 Å². The molecule has 0 saturated carbocycles. The van der Waals surface area contributed by atoms with Crippen LogP contribution in [0.25, 0.3) is 0 Å². The smallest absolute Gasteiger partial charge is 0.315 e. The van der Waals surface area contributed by atoms with E-state index in [0.717, 1.165) is 37.5 Å². The Morgan fingerprint density at radius 3 is 2.65 bits per heavy atom. The summed E-state index contributed by atoms with van der Waals surface area (Å²) in [6.45, 7) is 4.42. The van der Waals surface area contributed by atoms with Crippen molar-refractivity contribution in [2.45, 2.75) is 58.2 Å². The molecule has 0 fully saturated rings. The lowest BCUT2D eigenvalue weighted by atomic mass is 10.0. The third-order valence-electron chi connectivity index (χ3n) is 3.94. The lowest BCUT2D eigenvalue weighted by molar-refractivity contribution is 0.0999. The minimum atomic E-state index is -3.33. The summed E-state index contributed by atoms with van der Waals surface area (Å²) in [6, 6.07) is 6.75. The van der Waals surface area contributed by atoms with Crippen molar-refractivity contribution in [3.8, 4) is 0 Å². The summed E-state index contributed by atoms with van der Waals surface area (Å²) in [6.07, 6.45) is 4.96. The van der Waals surface area contributed by atoms with Gasteiger partial charge in [-0.3, -0.25) is 4.72 Å². The molecule has 0 aliphatic carbocycles. The van der Waals surface area contributed by atoms with Crippen LogP contribution in [0.1, 0.15) is 45.1 Å². The summed E-state index contributed by atoms with van der Waals surface area (Å²) in [4.78, 5) is 12.2. The molecule has 0 spiro atoms. The molecular formula is C18H31N3O4S. The molecule has 0 aliphatic rings. The number of carbonyl (C=O) groups is 1. The largest absolute Gasteiger partial charge is 0.382 e. The average Bonchev–Trinajstić information content (AvgIpc) is 2.56. The van der Waals surface area contributed by atoms with E-state index in [4.69, 9.17) is 4.74 Å². The molecule has 0 radical (unpaired) electrons. The van der Waals surface area contributed by atoms with Gasteiger partial charge in [0.05, 0.1) is 12.4 Å². The van der Waals surface area contributed by atoms with Crippen LogP contribution < -0.4 is 15.4 Å². The van der Waals surface area contributed by atoms with Gasteiger partial charge in [-0.05, 0) is 37.5 Å². The van der Waals surface area contributed by atoms with Gasteiger partial charge in [0.15, 0.2) is 0 Å². The van der Waals surface area contributed by atoms with Crippen LogP contribution in [0.3, 0.4) is 0 Å². The fourth-order valence-electron chi connectivity index (χ4n) is 2.57. The zero-order valence-corrected chi connectivity index (χ0v) is 16.9. The van der Waals surface area contributed by atoms with Crippen LogP contribution in [0, 0.1) is 0 Å². The highest BCUT2D eigenvalue weighted by atomic mass is 32.2. The maximum absolute atomic E-state index is 12.2. The van der Waals surface area contributed by atoms with Crippen LogP contribution in [-0.2, 0) is 21.3 Å². The number of hydrogen-bond acceptors (Lipinski definition) is 4. The molecule has 0 saturated heterocycles. The SMILES string of the molecule is CCCCC(C[C@H](C)OC)NC(=O)NCc1cccc(NS(C)(=O)=O)c1. The first-order valence-corrected chi connectivity index (χ1v) is 10.8. The van der Waals surface area contributed by atoms with E-state index in [0.29, 0.717) is 12.2 Å². The Kier molecular flexibility index (Phi) is 9.43. The Hall–Kier alpha value is -1.80. The fraction of sp³-hybridized carbons (Fsp3) is 0.611. The molecule has 8 heteroatoms. The summed E-state index contributed by atoms with van der Waals surface area (Å²) < 4.78 is 30.3. The van der Waals surface area contributed by atoms with Gasteiger partial charge in [0.25, 0.3) is 0 Å². The van der Waals surface area contributed by atoms with Crippen LogP contribution in [0.15, 0.2) is 24.3 Å². The van der Waals surface area contributed by atoms with Crippen LogP contribution >= 0.6 is 0 Å². The first kappa shape index (κ1) is 22.2. The van der Waals surface area contributed by atoms with E-state index in [1.807, 2.05) is 13.0 Å². The van der Waals surface area contributed by atoms with E-state index in [1.54, 1.807) is 25.3 Å². The molecule has 0 aliphatic heterocycles. The molecule has 1 aromatic rings. The number of anilines is 1. The normalized spacial score (nSPS) is 13.7. The summed E-state index contributed by atoms with van der Waals surface area (Å²) in [5.41, 5.74) is 1.28. The summed E-state index contributed by atoms with van der Waals surface area (Å²) in [7, 11) is -1.66. The number of benzene rings is 1. The second kappa shape index (κ2) is 11.0. The summed E-state index contributed by atoms with van der Waals surface area (Å²) in [5.74, 6) is 0. The van der Waals surface area contributed by atoms with Gasteiger partial charge < -0.3 is 15.4 Å². The Morgan fingerprint density at radius 2 is 2.04 bits per heavy atom. The number of unbranched alkanes of at least 4 members (excludes halogenated alkanes) is 1. The monoisotopic (exact) mass is 385 g/mol.